The molecular formula is C22H18FN3O. The van der Waals surface area contributed by atoms with Crippen molar-refractivity contribution in [3.05, 3.63) is 71.8 Å². The molecule has 0 amide bonds. The van der Waals surface area contributed by atoms with Gasteiger partial charge in [-0.2, -0.15) is 0 Å². The molecule has 0 saturated carbocycles. The Kier molecular flexibility index (Phi) is 4.28. The van der Waals surface area contributed by atoms with Gasteiger partial charge in [0.05, 0.1) is 5.52 Å². The Morgan fingerprint density at radius 3 is 2.70 bits per heavy atom. The Balaban J connectivity index is 1.92. The highest BCUT2D eigenvalue weighted by Gasteiger charge is 2.11. The number of benzene rings is 2. The topological polar surface area (TPSA) is 54.9 Å². The van der Waals surface area contributed by atoms with Gasteiger partial charge in [0.2, 0.25) is 0 Å². The van der Waals surface area contributed by atoms with Gasteiger partial charge in [0.15, 0.2) is 5.78 Å². The Morgan fingerprint density at radius 1 is 1.07 bits per heavy atom. The molecule has 4 rings (SSSR count). The summed E-state index contributed by atoms with van der Waals surface area (Å²) in [5.74, 6) is 0.299. The SMILES string of the molecule is CCc1cc(F)cc(Nc2nc3cc(C(C)=O)ccc3c3cnccc23)c1. The van der Waals surface area contributed by atoms with Gasteiger partial charge >= 0.3 is 0 Å². The molecule has 0 saturated heterocycles. The summed E-state index contributed by atoms with van der Waals surface area (Å²) in [5, 5.41) is 5.97. The smallest absolute Gasteiger partial charge is 0.159 e. The molecule has 2 heterocycles. The molecule has 134 valence electrons. The van der Waals surface area contributed by atoms with Crippen LogP contribution in [0.5, 0.6) is 0 Å². The van der Waals surface area contributed by atoms with Crippen LogP contribution in [-0.2, 0) is 6.42 Å². The molecule has 0 unspecified atom stereocenters. The van der Waals surface area contributed by atoms with Gasteiger partial charge in [-0.25, -0.2) is 9.37 Å². The molecule has 4 aromatic rings. The number of fused-ring (bicyclic) bond motifs is 3. The van der Waals surface area contributed by atoms with Crippen LogP contribution in [0.25, 0.3) is 21.7 Å². The summed E-state index contributed by atoms with van der Waals surface area (Å²) >= 11 is 0. The van der Waals surface area contributed by atoms with Crippen LogP contribution in [0.2, 0.25) is 0 Å². The third-order valence-electron chi connectivity index (χ3n) is 4.63. The van der Waals surface area contributed by atoms with Crippen molar-refractivity contribution in [1.82, 2.24) is 9.97 Å². The van der Waals surface area contributed by atoms with Gasteiger partial charge in [0, 0.05) is 39.8 Å². The maximum Gasteiger partial charge on any atom is 0.159 e. The van der Waals surface area contributed by atoms with E-state index in [-0.39, 0.29) is 11.6 Å². The first kappa shape index (κ1) is 17.1. The summed E-state index contributed by atoms with van der Waals surface area (Å²) < 4.78 is 13.9. The van der Waals surface area contributed by atoms with Crippen LogP contribution in [-0.4, -0.2) is 15.8 Å². The maximum absolute atomic E-state index is 13.9. The van der Waals surface area contributed by atoms with E-state index in [0.29, 0.717) is 22.6 Å². The zero-order valence-corrected chi connectivity index (χ0v) is 15.1. The van der Waals surface area contributed by atoms with E-state index in [1.165, 1.54) is 19.1 Å². The summed E-state index contributed by atoms with van der Waals surface area (Å²) in [4.78, 5) is 20.7. The fourth-order valence-corrected chi connectivity index (χ4v) is 3.23. The standard InChI is InChI=1S/C22H18FN3O/c1-3-14-8-16(23)11-17(9-14)25-22-19-6-7-24-12-20(19)18-5-4-15(13(2)27)10-21(18)26-22/h4-12H,3H2,1-2H3,(H,25,26). The minimum atomic E-state index is -0.289. The number of carbonyl (C=O) groups is 1. The number of ketones is 1. The summed E-state index contributed by atoms with van der Waals surface area (Å²) in [6.07, 6.45) is 4.22. The first-order chi connectivity index (χ1) is 13.0. The fraction of sp³-hybridized carbons (Fsp3) is 0.136. The maximum atomic E-state index is 13.9. The number of halogens is 1. The number of pyridine rings is 2. The van der Waals surface area contributed by atoms with Crippen LogP contribution in [0.4, 0.5) is 15.9 Å². The van der Waals surface area contributed by atoms with Gasteiger partial charge in [-0.3, -0.25) is 9.78 Å². The number of nitrogens with zero attached hydrogens (tertiary/aromatic N) is 2. The number of rotatable bonds is 4. The lowest BCUT2D eigenvalue weighted by Gasteiger charge is -2.13. The average Bonchev–Trinajstić information content (AvgIpc) is 2.67. The molecule has 0 aliphatic heterocycles. The molecule has 0 spiro atoms. The second-order valence-electron chi connectivity index (χ2n) is 6.50. The molecule has 4 nitrogen and oxygen atoms in total. The third-order valence-corrected chi connectivity index (χ3v) is 4.63. The van der Waals surface area contributed by atoms with Gasteiger partial charge in [0.25, 0.3) is 0 Å². The first-order valence-corrected chi connectivity index (χ1v) is 8.80. The second-order valence-corrected chi connectivity index (χ2v) is 6.50. The monoisotopic (exact) mass is 359 g/mol. The van der Waals surface area contributed by atoms with Gasteiger partial charge in [-0.1, -0.05) is 19.1 Å². The number of nitrogens with one attached hydrogen (secondary N) is 1. The Bertz CT molecular complexity index is 1190. The molecular weight excluding hydrogens is 341 g/mol. The molecule has 0 aliphatic rings. The highest BCUT2D eigenvalue weighted by molar-refractivity contribution is 6.11. The van der Waals surface area contributed by atoms with Crippen molar-refractivity contribution in [1.29, 1.82) is 0 Å². The van der Waals surface area contributed by atoms with Crippen LogP contribution in [0, 0.1) is 5.82 Å². The summed E-state index contributed by atoms with van der Waals surface area (Å²) in [5.41, 5.74) is 2.84. The molecule has 0 bridgehead atoms. The predicted octanol–water partition coefficient (Wildman–Crippen LogP) is 5.43. The van der Waals surface area contributed by atoms with Crippen molar-refractivity contribution in [2.24, 2.45) is 0 Å². The lowest BCUT2D eigenvalue weighted by molar-refractivity contribution is 0.101. The number of Topliss-reactive ketones (excluding diaryl/α,β-unsaturated/α-hetero) is 1. The van der Waals surface area contributed by atoms with Crippen LogP contribution >= 0.6 is 0 Å². The van der Waals surface area contributed by atoms with Crippen LogP contribution in [0.15, 0.2) is 54.9 Å². The van der Waals surface area contributed by atoms with Crippen LogP contribution < -0.4 is 5.32 Å². The molecule has 2 aromatic heterocycles. The number of hydrogen-bond acceptors (Lipinski definition) is 4. The molecule has 0 atom stereocenters. The van der Waals surface area contributed by atoms with E-state index in [9.17, 15) is 9.18 Å². The largest absolute Gasteiger partial charge is 0.340 e. The van der Waals surface area contributed by atoms with E-state index < -0.39 is 0 Å². The van der Waals surface area contributed by atoms with Crippen molar-refractivity contribution >= 4 is 39.0 Å². The lowest BCUT2D eigenvalue weighted by atomic mass is 10.0. The van der Waals surface area contributed by atoms with Crippen molar-refractivity contribution in [2.45, 2.75) is 20.3 Å². The van der Waals surface area contributed by atoms with Crippen LogP contribution in [0.3, 0.4) is 0 Å². The number of anilines is 2. The molecule has 0 fully saturated rings. The van der Waals surface area contributed by atoms with E-state index in [0.717, 1.165) is 28.1 Å². The molecule has 0 radical (unpaired) electrons. The minimum absolute atomic E-state index is 0.0165. The van der Waals surface area contributed by atoms with E-state index in [1.54, 1.807) is 24.5 Å². The Labute approximate surface area is 156 Å². The van der Waals surface area contributed by atoms with E-state index in [1.807, 2.05) is 25.1 Å². The zero-order valence-electron chi connectivity index (χ0n) is 15.1. The predicted molar refractivity (Wildman–Crippen MR) is 106 cm³/mol. The molecule has 2 aromatic carbocycles. The summed E-state index contributed by atoms with van der Waals surface area (Å²) in [6.45, 7) is 3.51. The molecule has 0 aliphatic carbocycles. The Morgan fingerprint density at radius 2 is 1.93 bits per heavy atom. The van der Waals surface area contributed by atoms with Gasteiger partial charge in [-0.05, 0) is 49.2 Å². The van der Waals surface area contributed by atoms with Crippen molar-refractivity contribution in [3.63, 3.8) is 0 Å². The van der Waals surface area contributed by atoms with Gasteiger partial charge in [-0.15, -0.1) is 0 Å². The molecule has 1 N–H and O–H groups in total. The number of aryl methyl sites for hydroxylation is 1. The van der Waals surface area contributed by atoms with E-state index in [2.05, 4.69) is 10.3 Å². The zero-order chi connectivity index (χ0) is 19.0. The highest BCUT2D eigenvalue weighted by atomic mass is 19.1. The van der Waals surface area contributed by atoms with Crippen LogP contribution in [0.1, 0.15) is 29.8 Å². The quantitative estimate of drug-likeness (QED) is 0.390. The molecule has 27 heavy (non-hydrogen) atoms. The number of aromatic nitrogens is 2. The van der Waals surface area contributed by atoms with E-state index >= 15 is 0 Å². The lowest BCUT2D eigenvalue weighted by Crippen LogP contribution is -1.99. The minimum Gasteiger partial charge on any atom is -0.340 e. The fourth-order valence-electron chi connectivity index (χ4n) is 3.23. The summed E-state index contributed by atoms with van der Waals surface area (Å²) in [6, 6.07) is 12.2. The Hall–Kier alpha value is -3.34. The van der Waals surface area contributed by atoms with Crippen molar-refractivity contribution in [3.8, 4) is 0 Å². The third kappa shape index (κ3) is 3.24. The second kappa shape index (κ2) is 6.76. The number of carbonyl (C=O) groups excluding carboxylic acids is 1. The van der Waals surface area contributed by atoms with Crippen molar-refractivity contribution in [2.75, 3.05) is 5.32 Å². The summed E-state index contributed by atoms with van der Waals surface area (Å²) in [7, 11) is 0. The normalized spacial score (nSPS) is 11.1. The molecule has 5 heteroatoms. The van der Waals surface area contributed by atoms with Gasteiger partial charge in [0.1, 0.15) is 11.6 Å². The van der Waals surface area contributed by atoms with Crippen molar-refractivity contribution < 1.29 is 9.18 Å². The van der Waals surface area contributed by atoms with Gasteiger partial charge < -0.3 is 5.32 Å². The first-order valence-electron chi connectivity index (χ1n) is 8.80. The average molecular weight is 359 g/mol. The highest BCUT2D eigenvalue weighted by Crippen LogP contribution is 2.31. The van der Waals surface area contributed by atoms with E-state index in [4.69, 9.17) is 4.98 Å². The number of hydrogen-bond donors (Lipinski definition) is 1.